The first kappa shape index (κ1) is 26.9. The zero-order chi connectivity index (χ0) is 25.4. The van der Waals surface area contributed by atoms with Crippen molar-refractivity contribution in [3.05, 3.63) is 0 Å². The molecule has 4 N–H and O–H groups in total. The molecule has 0 bridgehead atoms. The van der Waals surface area contributed by atoms with E-state index in [4.69, 9.17) is 20.5 Å². The molecular weight excluding hydrogens is 428 g/mol. The molecule has 0 radical (unpaired) electrons. The summed E-state index contributed by atoms with van der Waals surface area (Å²) in [6, 6.07) is 0.671. The molecule has 2 heterocycles. The lowest BCUT2D eigenvalue weighted by Gasteiger charge is -2.33. The van der Waals surface area contributed by atoms with Crippen molar-refractivity contribution in [3.8, 4) is 6.07 Å². The molecule has 2 unspecified atom stereocenters. The van der Waals surface area contributed by atoms with Gasteiger partial charge in [-0.05, 0) is 39.5 Å². The summed E-state index contributed by atoms with van der Waals surface area (Å²) in [5.41, 5.74) is 4.31. The number of amides is 2. The van der Waals surface area contributed by atoms with Gasteiger partial charge in [0.2, 0.25) is 5.91 Å². The predicted octanol–water partition coefficient (Wildman–Crippen LogP) is 1.31. The second-order valence-corrected chi connectivity index (χ2v) is 11.5. The van der Waals surface area contributed by atoms with E-state index < -0.39 is 40.6 Å². The minimum atomic E-state index is -0.748. The average Bonchev–Trinajstić information content (AvgIpc) is 3.30. The lowest BCUT2D eigenvalue weighted by Crippen LogP contribution is -2.54. The second kappa shape index (κ2) is 9.47. The Morgan fingerprint density at radius 2 is 1.94 bits per heavy atom. The number of rotatable bonds is 4. The first-order chi connectivity index (χ1) is 15.0. The third-order valence-corrected chi connectivity index (χ3v) is 6.29. The van der Waals surface area contributed by atoms with Crippen molar-refractivity contribution in [2.75, 3.05) is 13.2 Å². The molecule has 0 spiro atoms. The van der Waals surface area contributed by atoms with Gasteiger partial charge in [-0.25, -0.2) is 9.59 Å². The van der Waals surface area contributed by atoms with Crippen LogP contribution in [0.1, 0.15) is 61.3 Å². The van der Waals surface area contributed by atoms with Crippen molar-refractivity contribution in [3.63, 3.8) is 0 Å². The second-order valence-electron chi connectivity index (χ2n) is 11.5. The van der Waals surface area contributed by atoms with Crippen LogP contribution in [0.15, 0.2) is 0 Å². The average molecular weight is 467 g/mol. The third-order valence-electron chi connectivity index (χ3n) is 6.29. The number of alkyl carbamates (subject to hydrolysis) is 1. The molecule has 10 nitrogen and oxygen atoms in total. The summed E-state index contributed by atoms with van der Waals surface area (Å²) < 4.78 is 9.99. The van der Waals surface area contributed by atoms with Gasteiger partial charge in [0.1, 0.15) is 17.7 Å². The summed E-state index contributed by atoms with van der Waals surface area (Å²) in [6.07, 6.45) is 1.18. The number of ether oxygens (including phenoxy) is 2. The van der Waals surface area contributed by atoms with Crippen LogP contribution in [0.2, 0.25) is 0 Å². The topological polar surface area (TPSA) is 155 Å². The molecular formula is C23H38N4O6. The lowest BCUT2D eigenvalue weighted by molar-refractivity contribution is -0.139. The van der Waals surface area contributed by atoms with E-state index in [0.29, 0.717) is 12.5 Å². The van der Waals surface area contributed by atoms with Gasteiger partial charge in [-0.3, -0.25) is 4.79 Å². The van der Waals surface area contributed by atoms with E-state index >= 15 is 0 Å². The Kier molecular flexibility index (Phi) is 7.71. The van der Waals surface area contributed by atoms with E-state index in [1.165, 1.54) is 0 Å². The fourth-order valence-electron chi connectivity index (χ4n) is 3.90. The molecule has 2 aliphatic heterocycles. The number of aliphatic hydroxyl groups excluding tert-OH is 1. The summed E-state index contributed by atoms with van der Waals surface area (Å²) in [5.74, 6) is -0.107. The first-order valence-electron chi connectivity index (χ1n) is 11.3. The number of piperidine rings is 1. The number of carbonyl (C=O) groups is 3. The molecule has 5 atom stereocenters. The van der Waals surface area contributed by atoms with Gasteiger partial charge < -0.3 is 30.5 Å². The van der Waals surface area contributed by atoms with Crippen molar-refractivity contribution < 1.29 is 29.0 Å². The van der Waals surface area contributed by atoms with Gasteiger partial charge in [0, 0.05) is 16.9 Å². The maximum absolute atomic E-state index is 12.3. The number of fused-ring (bicyclic) bond motifs is 1. The van der Waals surface area contributed by atoms with E-state index in [-0.39, 0.29) is 24.6 Å². The molecule has 2 amide bonds. The number of nitrogens with two attached hydrogens (primary N) is 1. The summed E-state index contributed by atoms with van der Waals surface area (Å²) in [6.45, 7) is 12.7. The number of esters is 1. The van der Waals surface area contributed by atoms with Crippen molar-refractivity contribution >= 4 is 18.0 Å². The van der Waals surface area contributed by atoms with Crippen LogP contribution in [0, 0.1) is 28.1 Å². The van der Waals surface area contributed by atoms with Gasteiger partial charge in [-0.1, -0.05) is 27.7 Å². The third kappa shape index (κ3) is 6.36. The van der Waals surface area contributed by atoms with Crippen LogP contribution in [-0.2, 0) is 19.1 Å². The smallest absolute Gasteiger partial charge is 0.408 e. The van der Waals surface area contributed by atoms with Gasteiger partial charge in [0.25, 0.3) is 0 Å². The number of nitrogens with one attached hydrogen (secondary N) is 1. The largest absolute Gasteiger partial charge is 0.463 e. The normalized spacial score (nSPS) is 28.5. The number of nitriles is 1. The highest BCUT2D eigenvalue weighted by Crippen LogP contribution is 2.48. The fourth-order valence-corrected chi connectivity index (χ4v) is 3.90. The number of aliphatic hydroxyl groups is 1. The Labute approximate surface area is 195 Å². The number of nitrogens with zero attached hydrogens (tertiary/aromatic N) is 2. The highest BCUT2D eigenvalue weighted by molar-refractivity contribution is 5.84. The molecule has 33 heavy (non-hydrogen) atoms. The molecule has 3 fully saturated rings. The van der Waals surface area contributed by atoms with Crippen molar-refractivity contribution in [2.45, 2.75) is 91.1 Å². The lowest BCUT2D eigenvalue weighted by atomic mass is 9.85. The molecule has 10 heteroatoms. The van der Waals surface area contributed by atoms with Crippen LogP contribution in [0.4, 0.5) is 4.79 Å². The van der Waals surface area contributed by atoms with Gasteiger partial charge in [0.15, 0.2) is 0 Å². The summed E-state index contributed by atoms with van der Waals surface area (Å²) >= 11 is 0. The van der Waals surface area contributed by atoms with Gasteiger partial charge in [0.05, 0.1) is 25.3 Å². The molecule has 1 aliphatic carbocycles. The van der Waals surface area contributed by atoms with Gasteiger partial charge in [-0.15, -0.1) is 0 Å². The zero-order valence-electron chi connectivity index (χ0n) is 20.7. The Morgan fingerprint density at radius 3 is 2.39 bits per heavy atom. The highest BCUT2D eigenvalue weighted by atomic mass is 16.6. The number of carbonyl (C=O) groups excluding carboxylic acids is 3. The zero-order valence-corrected chi connectivity index (χ0v) is 20.7. The van der Waals surface area contributed by atoms with Crippen molar-refractivity contribution in [1.82, 2.24) is 10.2 Å². The SMILES string of the molecule is CC(C)(C)OC(=O)NC1C(=O)OCC1(C)C.CC(C)(CO)[C@H](N)C(=O)N1C2C[C@H]2C[C@H]1C#N. The molecule has 3 rings (SSSR count). The van der Waals surface area contributed by atoms with Crippen LogP contribution < -0.4 is 11.1 Å². The highest BCUT2D eigenvalue weighted by Gasteiger charge is 2.55. The van der Waals surface area contributed by atoms with Gasteiger partial charge >= 0.3 is 12.1 Å². The summed E-state index contributed by atoms with van der Waals surface area (Å²) in [7, 11) is 0. The summed E-state index contributed by atoms with van der Waals surface area (Å²) in [5, 5.41) is 20.8. The van der Waals surface area contributed by atoms with E-state index in [2.05, 4.69) is 11.4 Å². The number of cyclic esters (lactones) is 1. The van der Waals surface area contributed by atoms with Crippen LogP contribution in [0.3, 0.4) is 0 Å². The molecule has 3 aliphatic rings. The molecule has 0 aromatic carbocycles. The van der Waals surface area contributed by atoms with E-state index in [1.54, 1.807) is 39.5 Å². The van der Waals surface area contributed by atoms with E-state index in [9.17, 15) is 19.5 Å². The Bertz CT molecular complexity index is 813. The number of hydrogen-bond acceptors (Lipinski definition) is 8. The van der Waals surface area contributed by atoms with E-state index in [1.807, 2.05) is 13.8 Å². The Morgan fingerprint density at radius 1 is 1.33 bits per heavy atom. The number of hydrogen-bond donors (Lipinski definition) is 3. The fraction of sp³-hybridized carbons (Fsp3) is 0.826. The molecule has 186 valence electrons. The minimum Gasteiger partial charge on any atom is -0.463 e. The van der Waals surface area contributed by atoms with Crippen molar-refractivity contribution in [2.24, 2.45) is 22.5 Å². The summed E-state index contributed by atoms with van der Waals surface area (Å²) in [4.78, 5) is 36.8. The van der Waals surface area contributed by atoms with Crippen molar-refractivity contribution in [1.29, 1.82) is 5.26 Å². The standard InChI is InChI=1S/C12H19N3O2.C11H19NO4/c1-12(2,6-16)10(14)11(17)15-8(5-13)3-7-4-9(7)15;1-10(2,3)16-9(14)12-7-8(13)15-6-11(7,4)5/h7-10,16H,3-4,6,14H2,1-2H3;7H,6H2,1-5H3,(H,12,14)/t7-,8+,9?,10-;/m1./s1. The Balaban J connectivity index is 0.000000234. The maximum Gasteiger partial charge on any atom is 0.408 e. The Hall–Kier alpha value is -2.38. The quantitative estimate of drug-likeness (QED) is 0.524. The van der Waals surface area contributed by atoms with E-state index in [0.717, 1.165) is 12.8 Å². The molecule has 0 aromatic heterocycles. The minimum absolute atomic E-state index is 0.140. The van der Waals surface area contributed by atoms with Crippen LogP contribution in [-0.4, -0.2) is 71.0 Å². The molecule has 2 saturated heterocycles. The molecule has 0 aromatic rings. The predicted molar refractivity (Wildman–Crippen MR) is 119 cm³/mol. The van der Waals surface area contributed by atoms with Crippen LogP contribution in [0.25, 0.3) is 0 Å². The van der Waals surface area contributed by atoms with Crippen LogP contribution >= 0.6 is 0 Å². The molecule has 1 saturated carbocycles. The number of likely N-dealkylation sites (tertiary alicyclic amines) is 1. The maximum atomic E-state index is 12.3. The first-order valence-corrected chi connectivity index (χ1v) is 11.3. The van der Waals surface area contributed by atoms with Gasteiger partial charge in [-0.2, -0.15) is 5.26 Å². The monoisotopic (exact) mass is 466 g/mol. The van der Waals surface area contributed by atoms with Crippen LogP contribution in [0.5, 0.6) is 0 Å².